The fraction of sp³-hybridized carbons (Fsp3) is 0.500. The van der Waals surface area contributed by atoms with Gasteiger partial charge in [-0.25, -0.2) is 0 Å². The normalized spacial score (nSPS) is 31.3. The Morgan fingerprint density at radius 2 is 1.69 bits per heavy atom. The third-order valence-corrected chi connectivity index (χ3v) is 6.09. The monoisotopic (exact) mass is 446 g/mol. The van der Waals surface area contributed by atoms with E-state index in [-0.39, 0.29) is 12.2 Å². The van der Waals surface area contributed by atoms with Crippen molar-refractivity contribution >= 4 is 0 Å². The van der Waals surface area contributed by atoms with Crippen LogP contribution in [0.2, 0.25) is 0 Å². The molecule has 1 saturated carbocycles. The first-order valence-electron chi connectivity index (χ1n) is 10.8. The van der Waals surface area contributed by atoms with E-state index in [9.17, 15) is 30.6 Å². The van der Waals surface area contributed by atoms with Crippen molar-refractivity contribution < 1.29 is 40.1 Å². The highest BCUT2D eigenvalue weighted by atomic mass is 16.7. The molecule has 0 spiro atoms. The maximum absolute atomic E-state index is 11.4. The molecule has 8 heteroatoms. The summed E-state index contributed by atoms with van der Waals surface area (Å²) in [4.78, 5) is 0. The lowest BCUT2D eigenvalue weighted by Gasteiger charge is -2.47. The summed E-state index contributed by atoms with van der Waals surface area (Å²) >= 11 is 0. The first-order valence-corrected chi connectivity index (χ1v) is 10.8. The fourth-order valence-corrected chi connectivity index (χ4v) is 4.06. The molecule has 174 valence electrons. The summed E-state index contributed by atoms with van der Waals surface area (Å²) in [7, 11) is 0. The molecule has 2 aliphatic rings. The van der Waals surface area contributed by atoms with Gasteiger partial charge in [0.05, 0.1) is 18.8 Å². The molecule has 0 unspecified atom stereocenters. The van der Waals surface area contributed by atoms with Crippen LogP contribution in [0.4, 0.5) is 0 Å². The van der Waals surface area contributed by atoms with Crippen molar-refractivity contribution in [3.8, 4) is 5.75 Å². The average Bonchev–Trinajstić information content (AvgIpc) is 3.60. The molecule has 0 aromatic heterocycles. The van der Waals surface area contributed by atoms with Gasteiger partial charge in [0.15, 0.2) is 0 Å². The molecule has 6 N–H and O–H groups in total. The van der Waals surface area contributed by atoms with Crippen LogP contribution >= 0.6 is 0 Å². The van der Waals surface area contributed by atoms with Crippen molar-refractivity contribution in [2.75, 3.05) is 0 Å². The quantitative estimate of drug-likeness (QED) is 0.357. The summed E-state index contributed by atoms with van der Waals surface area (Å²) in [5, 5.41) is 62.2. The molecular weight excluding hydrogens is 416 g/mol. The second-order valence-electron chi connectivity index (χ2n) is 8.73. The second-order valence-corrected chi connectivity index (χ2v) is 8.73. The van der Waals surface area contributed by atoms with E-state index in [0.717, 1.165) is 24.2 Å². The number of benzene rings is 2. The molecule has 1 saturated heterocycles. The van der Waals surface area contributed by atoms with Crippen molar-refractivity contribution in [3.05, 3.63) is 64.7 Å². The molecule has 2 fully saturated rings. The Balaban J connectivity index is 1.67. The molecule has 1 heterocycles. The van der Waals surface area contributed by atoms with E-state index in [0.29, 0.717) is 23.7 Å². The predicted molar refractivity (Wildman–Crippen MR) is 114 cm³/mol. The molecule has 0 bridgehead atoms. The lowest BCUT2D eigenvalue weighted by atomic mass is 9.83. The van der Waals surface area contributed by atoms with Crippen molar-refractivity contribution in [1.29, 1.82) is 0 Å². The molecule has 8 nitrogen and oxygen atoms in total. The predicted octanol–water partition coefficient (Wildman–Crippen LogP) is 0.318. The lowest BCUT2D eigenvalue weighted by Crippen LogP contribution is -2.65. The second kappa shape index (κ2) is 9.07. The van der Waals surface area contributed by atoms with Crippen LogP contribution in [0.1, 0.15) is 42.0 Å². The largest absolute Gasteiger partial charge is 0.490 e. The Morgan fingerprint density at radius 1 is 1.03 bits per heavy atom. The van der Waals surface area contributed by atoms with Crippen LogP contribution < -0.4 is 4.74 Å². The summed E-state index contributed by atoms with van der Waals surface area (Å²) in [6.07, 6.45) is -4.98. The number of rotatable bonds is 7. The Bertz CT molecular complexity index is 926. The molecule has 1 aliphatic heterocycles. The van der Waals surface area contributed by atoms with Gasteiger partial charge in [-0.3, -0.25) is 0 Å². The van der Waals surface area contributed by atoms with Crippen molar-refractivity contribution in [3.63, 3.8) is 0 Å². The molecule has 0 amide bonds. The van der Waals surface area contributed by atoms with Gasteiger partial charge in [0, 0.05) is 5.56 Å². The molecule has 32 heavy (non-hydrogen) atoms. The van der Waals surface area contributed by atoms with E-state index in [1.54, 1.807) is 12.1 Å². The maximum Gasteiger partial charge on any atom is 0.222 e. The molecule has 0 radical (unpaired) electrons. The van der Waals surface area contributed by atoms with Gasteiger partial charge >= 0.3 is 0 Å². The van der Waals surface area contributed by atoms with Gasteiger partial charge in [0.2, 0.25) is 5.79 Å². The minimum absolute atomic E-state index is 0.145. The summed E-state index contributed by atoms with van der Waals surface area (Å²) in [6.45, 7) is 1.05. The van der Waals surface area contributed by atoms with Gasteiger partial charge in [-0.05, 0) is 61.1 Å². The molecule has 4 rings (SSSR count). The Labute approximate surface area is 186 Å². The highest BCUT2D eigenvalue weighted by molar-refractivity contribution is 5.41. The fourth-order valence-electron chi connectivity index (χ4n) is 4.06. The van der Waals surface area contributed by atoms with Gasteiger partial charge in [-0.2, -0.15) is 0 Å². The zero-order valence-corrected chi connectivity index (χ0v) is 17.8. The molecule has 2 aromatic rings. The van der Waals surface area contributed by atoms with Crippen molar-refractivity contribution in [2.45, 2.75) is 75.2 Å². The van der Waals surface area contributed by atoms with Gasteiger partial charge in [0.1, 0.15) is 30.2 Å². The van der Waals surface area contributed by atoms with Crippen LogP contribution in [0.3, 0.4) is 0 Å². The van der Waals surface area contributed by atoms with E-state index in [1.807, 2.05) is 24.3 Å². The summed E-state index contributed by atoms with van der Waals surface area (Å²) in [5.74, 6) is -1.62. The minimum Gasteiger partial charge on any atom is -0.490 e. The van der Waals surface area contributed by atoms with Gasteiger partial charge in [-0.15, -0.1) is 0 Å². The summed E-state index contributed by atoms with van der Waals surface area (Å²) < 4.78 is 11.4. The van der Waals surface area contributed by atoms with Crippen LogP contribution in [0.25, 0.3) is 0 Å². The third-order valence-electron chi connectivity index (χ3n) is 6.09. The average molecular weight is 446 g/mol. The smallest absolute Gasteiger partial charge is 0.222 e. The summed E-state index contributed by atoms with van der Waals surface area (Å²) in [6, 6.07) is 12.4. The van der Waals surface area contributed by atoms with Gasteiger partial charge in [-0.1, -0.05) is 24.3 Å². The zero-order chi connectivity index (χ0) is 23.0. The van der Waals surface area contributed by atoms with E-state index in [4.69, 9.17) is 9.47 Å². The van der Waals surface area contributed by atoms with Crippen LogP contribution in [0.15, 0.2) is 42.5 Å². The number of aliphatic hydroxyl groups excluding tert-OH is 5. The van der Waals surface area contributed by atoms with Crippen LogP contribution in [-0.2, 0) is 23.6 Å². The minimum atomic E-state index is -2.41. The van der Waals surface area contributed by atoms with E-state index < -0.39 is 36.3 Å². The van der Waals surface area contributed by atoms with Crippen LogP contribution in [0, 0.1) is 0 Å². The van der Waals surface area contributed by atoms with E-state index in [2.05, 4.69) is 0 Å². The Kier molecular flexibility index (Phi) is 6.56. The first-order chi connectivity index (χ1) is 15.2. The zero-order valence-electron chi connectivity index (χ0n) is 17.8. The number of hydrogen-bond acceptors (Lipinski definition) is 8. The molecule has 2 aromatic carbocycles. The summed E-state index contributed by atoms with van der Waals surface area (Å²) in [5.41, 5.74) is 2.11. The maximum atomic E-state index is 11.4. The molecule has 1 aliphatic carbocycles. The number of hydrogen-bond donors (Lipinski definition) is 6. The molecular formula is C24H30O8. The number of ether oxygens (including phenoxy) is 2. The number of aliphatic hydroxyl groups is 6. The van der Waals surface area contributed by atoms with Crippen LogP contribution in [-0.4, -0.2) is 67.3 Å². The standard InChI is InChI=1S/C24H30O8/c1-13(26)22-20(27)21(28)23(29)24(30,32-22)19-11-15(12-25)2-5-16(19)10-14-3-6-17(7-4-14)31-18-8-9-18/h2-7,11,13,18,20-23,25-30H,8-10,12H2,1H3/t13-,20-,21-,22+,23+,24+/m0/s1. The van der Waals surface area contributed by atoms with Crippen molar-refractivity contribution in [1.82, 2.24) is 0 Å². The molecule has 6 atom stereocenters. The first kappa shape index (κ1) is 23.1. The SMILES string of the molecule is C[C@H](O)[C@H]1O[C@](O)(c2cc(CO)ccc2Cc2ccc(OC3CC3)cc2)[C@H](O)[C@@H](O)[C@@H]1O. The van der Waals surface area contributed by atoms with E-state index >= 15 is 0 Å². The Hall–Kier alpha value is -2.04. The topological polar surface area (TPSA) is 140 Å². The van der Waals surface area contributed by atoms with Crippen LogP contribution in [0.5, 0.6) is 5.75 Å². The third kappa shape index (κ3) is 4.53. The van der Waals surface area contributed by atoms with Gasteiger partial charge < -0.3 is 40.1 Å². The lowest BCUT2D eigenvalue weighted by molar-refractivity contribution is -0.364. The Morgan fingerprint density at radius 3 is 2.28 bits per heavy atom. The van der Waals surface area contributed by atoms with E-state index in [1.165, 1.54) is 13.0 Å². The van der Waals surface area contributed by atoms with Crippen molar-refractivity contribution in [2.24, 2.45) is 0 Å². The van der Waals surface area contributed by atoms with Gasteiger partial charge in [0.25, 0.3) is 0 Å². The highest BCUT2D eigenvalue weighted by Gasteiger charge is 2.55. The highest BCUT2D eigenvalue weighted by Crippen LogP contribution is 2.40.